The fraction of sp³-hybridized carbons (Fsp3) is 0.200. The van der Waals surface area contributed by atoms with E-state index >= 15 is 0 Å². The number of rotatable bonds is 5. The number of halogens is 1. The van der Waals surface area contributed by atoms with Crippen molar-refractivity contribution in [2.24, 2.45) is 0 Å². The molecule has 1 amide bonds. The highest BCUT2D eigenvalue weighted by molar-refractivity contribution is 9.10. The number of aryl methyl sites for hydroxylation is 1. The lowest BCUT2D eigenvalue weighted by Gasteiger charge is -2.14. The summed E-state index contributed by atoms with van der Waals surface area (Å²) in [6, 6.07) is 10.1. The number of aromatic nitrogens is 1. The predicted octanol–water partition coefficient (Wildman–Crippen LogP) is 3.47. The van der Waals surface area contributed by atoms with Gasteiger partial charge in [0.25, 0.3) is 5.91 Å². The molecule has 1 aromatic heterocycles. The Labute approximate surface area is 141 Å². The number of hydrogen-bond donors (Lipinski definition) is 1. The average Bonchev–Trinajstić information content (AvgIpc) is 2.48. The Morgan fingerprint density at radius 2 is 2.13 bits per heavy atom. The van der Waals surface area contributed by atoms with Crippen molar-refractivity contribution in [1.29, 1.82) is 0 Å². The highest BCUT2D eigenvalue weighted by Crippen LogP contribution is 2.25. The lowest BCUT2D eigenvalue weighted by Crippen LogP contribution is -2.30. The maximum atomic E-state index is 12.1. The van der Waals surface area contributed by atoms with Crippen LogP contribution in [0.5, 0.6) is 5.75 Å². The summed E-state index contributed by atoms with van der Waals surface area (Å²) in [5.41, 5.74) is 1.09. The van der Waals surface area contributed by atoms with Crippen molar-refractivity contribution in [1.82, 2.24) is 4.98 Å². The van der Waals surface area contributed by atoms with Crippen molar-refractivity contribution in [2.75, 3.05) is 5.32 Å². The molecule has 1 heterocycles. The maximum Gasteiger partial charge on any atom is 0.406 e. The molecule has 0 bridgehead atoms. The van der Waals surface area contributed by atoms with Gasteiger partial charge in [-0.05, 0) is 47.2 Å². The van der Waals surface area contributed by atoms with Gasteiger partial charge in [0, 0.05) is 17.1 Å². The van der Waals surface area contributed by atoms with E-state index in [2.05, 4.69) is 26.2 Å². The van der Waals surface area contributed by atoms with Crippen molar-refractivity contribution in [3.63, 3.8) is 0 Å². The summed E-state index contributed by atoms with van der Waals surface area (Å²) in [6.45, 7) is 3.15. The molecule has 0 radical (unpaired) electrons. The topological polar surface area (TPSA) is 94.4 Å². The third-order valence-corrected chi connectivity index (χ3v) is 3.41. The van der Waals surface area contributed by atoms with Gasteiger partial charge in [-0.15, -0.1) is 0 Å². The van der Waals surface area contributed by atoms with Crippen molar-refractivity contribution >= 4 is 33.3 Å². The largest absolute Gasteiger partial charge is 0.473 e. The number of anilines is 1. The SMILES string of the molecule is Cc1ccc(O[C@@H](C)C(=O)Nc2cccc(Br)c2)c([N+](=O)[O-])n1. The molecule has 0 aliphatic carbocycles. The molecule has 2 aromatic rings. The Hall–Kier alpha value is -2.48. The highest BCUT2D eigenvalue weighted by Gasteiger charge is 2.22. The Morgan fingerprint density at radius 1 is 1.39 bits per heavy atom. The van der Waals surface area contributed by atoms with Crippen LogP contribution in [0.25, 0.3) is 0 Å². The van der Waals surface area contributed by atoms with E-state index in [1.165, 1.54) is 13.0 Å². The maximum absolute atomic E-state index is 12.1. The monoisotopic (exact) mass is 379 g/mol. The Morgan fingerprint density at radius 3 is 2.78 bits per heavy atom. The van der Waals surface area contributed by atoms with E-state index in [0.29, 0.717) is 11.4 Å². The first-order valence-electron chi connectivity index (χ1n) is 6.72. The lowest BCUT2D eigenvalue weighted by atomic mass is 10.3. The highest BCUT2D eigenvalue weighted by atomic mass is 79.9. The molecule has 2 rings (SSSR count). The van der Waals surface area contributed by atoms with Crippen LogP contribution in [0.15, 0.2) is 40.9 Å². The molecular weight excluding hydrogens is 366 g/mol. The number of ether oxygens (including phenoxy) is 1. The zero-order valence-electron chi connectivity index (χ0n) is 12.4. The number of nitro groups is 1. The van der Waals surface area contributed by atoms with Gasteiger partial charge in [-0.2, -0.15) is 0 Å². The molecule has 23 heavy (non-hydrogen) atoms. The first kappa shape index (κ1) is 16.9. The zero-order chi connectivity index (χ0) is 17.0. The predicted molar refractivity (Wildman–Crippen MR) is 88.5 cm³/mol. The van der Waals surface area contributed by atoms with Crippen molar-refractivity contribution in [3.05, 3.63) is 56.7 Å². The Kier molecular flexibility index (Phi) is 5.28. The number of amides is 1. The van der Waals surface area contributed by atoms with Crippen molar-refractivity contribution in [2.45, 2.75) is 20.0 Å². The van der Waals surface area contributed by atoms with Crippen molar-refractivity contribution in [3.8, 4) is 5.75 Å². The summed E-state index contributed by atoms with van der Waals surface area (Å²) >= 11 is 3.31. The molecule has 0 saturated heterocycles. The van der Waals surface area contributed by atoms with E-state index in [9.17, 15) is 14.9 Å². The second-order valence-electron chi connectivity index (χ2n) is 4.79. The van der Waals surface area contributed by atoms with Crippen LogP contribution in [0.4, 0.5) is 11.5 Å². The van der Waals surface area contributed by atoms with Crippen LogP contribution in [0.3, 0.4) is 0 Å². The zero-order valence-corrected chi connectivity index (χ0v) is 14.0. The third kappa shape index (κ3) is 4.49. The minimum absolute atomic E-state index is 0.0440. The van der Waals surface area contributed by atoms with Crippen LogP contribution in [0.1, 0.15) is 12.6 Å². The minimum Gasteiger partial charge on any atom is -0.473 e. The fourth-order valence-electron chi connectivity index (χ4n) is 1.81. The lowest BCUT2D eigenvalue weighted by molar-refractivity contribution is -0.390. The van der Waals surface area contributed by atoms with Crippen LogP contribution in [0, 0.1) is 17.0 Å². The molecule has 1 atom stereocenters. The average molecular weight is 380 g/mol. The summed E-state index contributed by atoms with van der Waals surface area (Å²) in [6.07, 6.45) is -0.919. The van der Waals surface area contributed by atoms with Gasteiger partial charge in [0.05, 0.1) is 0 Å². The molecule has 0 aliphatic rings. The second kappa shape index (κ2) is 7.19. The summed E-state index contributed by atoms with van der Waals surface area (Å²) in [7, 11) is 0. The van der Waals surface area contributed by atoms with E-state index in [0.717, 1.165) is 4.47 Å². The molecule has 0 aliphatic heterocycles. The van der Waals surface area contributed by atoms with E-state index in [1.807, 2.05) is 6.07 Å². The van der Waals surface area contributed by atoms with Crippen LogP contribution in [-0.2, 0) is 4.79 Å². The molecule has 1 N–H and O–H groups in total. The number of hydrogen-bond acceptors (Lipinski definition) is 5. The molecule has 8 heteroatoms. The number of nitrogens with one attached hydrogen (secondary N) is 1. The molecule has 120 valence electrons. The molecule has 0 saturated carbocycles. The van der Waals surface area contributed by atoms with E-state index < -0.39 is 22.8 Å². The number of benzene rings is 1. The molecule has 7 nitrogen and oxygen atoms in total. The molecule has 1 aromatic carbocycles. The smallest absolute Gasteiger partial charge is 0.406 e. The van der Waals surface area contributed by atoms with Gasteiger partial charge >= 0.3 is 5.82 Å². The van der Waals surface area contributed by atoms with Gasteiger partial charge in [-0.3, -0.25) is 4.79 Å². The minimum atomic E-state index is -0.919. The molecular formula is C15H14BrN3O4. The van der Waals surface area contributed by atoms with E-state index in [1.54, 1.807) is 31.2 Å². The Bertz CT molecular complexity index is 751. The standard InChI is InChI=1S/C15H14BrN3O4/c1-9-6-7-13(14(17-9)19(21)22)23-10(2)15(20)18-12-5-3-4-11(16)8-12/h3-8,10H,1-2H3,(H,18,20)/t10-/m0/s1. The number of pyridine rings is 1. The van der Waals surface area contributed by atoms with Gasteiger partial charge in [-0.25, -0.2) is 0 Å². The normalized spacial score (nSPS) is 11.6. The van der Waals surface area contributed by atoms with E-state index in [-0.39, 0.29) is 5.75 Å². The van der Waals surface area contributed by atoms with Gasteiger partial charge < -0.3 is 20.2 Å². The number of nitrogens with zero attached hydrogens (tertiary/aromatic N) is 2. The summed E-state index contributed by atoms with van der Waals surface area (Å²) in [4.78, 5) is 26.3. The van der Waals surface area contributed by atoms with Crippen LogP contribution < -0.4 is 10.1 Å². The Balaban J connectivity index is 2.11. The van der Waals surface area contributed by atoms with Gasteiger partial charge in [0.2, 0.25) is 5.75 Å². The number of carbonyl (C=O) groups is 1. The number of carbonyl (C=O) groups excluding carboxylic acids is 1. The van der Waals surface area contributed by atoms with Crippen LogP contribution in [0.2, 0.25) is 0 Å². The molecule has 0 unspecified atom stereocenters. The van der Waals surface area contributed by atoms with Gasteiger partial charge in [0.1, 0.15) is 5.69 Å². The first-order chi connectivity index (χ1) is 10.9. The van der Waals surface area contributed by atoms with Gasteiger partial charge in [0.15, 0.2) is 6.10 Å². The van der Waals surface area contributed by atoms with E-state index in [4.69, 9.17) is 4.74 Å². The summed E-state index contributed by atoms with van der Waals surface area (Å²) < 4.78 is 6.22. The van der Waals surface area contributed by atoms with Crippen molar-refractivity contribution < 1.29 is 14.5 Å². The molecule has 0 fully saturated rings. The second-order valence-corrected chi connectivity index (χ2v) is 5.71. The van der Waals surface area contributed by atoms with Crippen LogP contribution >= 0.6 is 15.9 Å². The molecule has 0 spiro atoms. The van der Waals surface area contributed by atoms with Crippen LogP contribution in [-0.4, -0.2) is 21.9 Å². The fourth-order valence-corrected chi connectivity index (χ4v) is 2.21. The van der Waals surface area contributed by atoms with Gasteiger partial charge in [-0.1, -0.05) is 22.0 Å². The summed E-state index contributed by atoms with van der Waals surface area (Å²) in [5, 5.41) is 13.7. The quantitative estimate of drug-likeness (QED) is 0.633. The third-order valence-electron chi connectivity index (χ3n) is 2.92. The summed E-state index contributed by atoms with van der Waals surface area (Å²) in [5.74, 6) is -0.873. The first-order valence-corrected chi connectivity index (χ1v) is 7.51.